The molecule has 120 valence electrons. The number of halogens is 1. The highest BCUT2D eigenvalue weighted by atomic mass is 79.9. The van der Waals surface area contributed by atoms with Crippen molar-refractivity contribution in [2.75, 3.05) is 6.26 Å². The third kappa shape index (κ3) is 3.46. The summed E-state index contributed by atoms with van der Waals surface area (Å²) in [6.07, 6.45) is 2.26. The minimum absolute atomic E-state index is 0.238. The predicted molar refractivity (Wildman–Crippen MR) is 91.9 cm³/mol. The first-order valence-electron chi connectivity index (χ1n) is 6.94. The van der Waals surface area contributed by atoms with E-state index in [-0.39, 0.29) is 4.90 Å². The fourth-order valence-corrected chi connectivity index (χ4v) is 3.46. The number of sulfone groups is 1. The van der Waals surface area contributed by atoms with E-state index < -0.39 is 15.9 Å². The van der Waals surface area contributed by atoms with Gasteiger partial charge in [0, 0.05) is 22.3 Å². The SMILES string of the molecule is CS(=O)(=O)c1ccc(C(O)Cn2cc3c(Br)cccc3n2)cc1. The van der Waals surface area contributed by atoms with Crippen LogP contribution in [-0.4, -0.2) is 29.6 Å². The molecule has 0 saturated carbocycles. The van der Waals surface area contributed by atoms with Gasteiger partial charge in [-0.25, -0.2) is 8.42 Å². The van der Waals surface area contributed by atoms with Crippen LogP contribution in [0, 0.1) is 0 Å². The van der Waals surface area contributed by atoms with E-state index in [9.17, 15) is 13.5 Å². The third-order valence-corrected chi connectivity index (χ3v) is 5.42. The molecule has 1 unspecified atom stereocenters. The van der Waals surface area contributed by atoms with E-state index in [0.29, 0.717) is 12.1 Å². The van der Waals surface area contributed by atoms with Crippen LogP contribution in [0.15, 0.2) is 58.0 Å². The molecule has 1 aromatic heterocycles. The van der Waals surface area contributed by atoms with Gasteiger partial charge in [0.05, 0.1) is 23.1 Å². The van der Waals surface area contributed by atoms with Crippen molar-refractivity contribution in [3.63, 3.8) is 0 Å². The maximum absolute atomic E-state index is 11.5. The fourth-order valence-electron chi connectivity index (χ4n) is 2.37. The Hall–Kier alpha value is -1.70. The summed E-state index contributed by atoms with van der Waals surface area (Å²) in [5, 5.41) is 15.7. The largest absolute Gasteiger partial charge is 0.386 e. The Labute approximate surface area is 142 Å². The molecule has 3 aromatic rings. The number of hydrogen-bond acceptors (Lipinski definition) is 4. The predicted octanol–water partition coefficient (Wildman–Crippen LogP) is 2.94. The molecular weight excluding hydrogens is 380 g/mol. The average Bonchev–Trinajstić information content (AvgIpc) is 2.90. The Bertz CT molecular complexity index is 949. The molecule has 0 aliphatic rings. The Morgan fingerprint density at radius 2 is 1.91 bits per heavy atom. The van der Waals surface area contributed by atoms with Crippen molar-refractivity contribution in [1.29, 1.82) is 0 Å². The van der Waals surface area contributed by atoms with Crippen LogP contribution in [0.5, 0.6) is 0 Å². The number of fused-ring (bicyclic) bond motifs is 1. The maximum Gasteiger partial charge on any atom is 0.175 e. The summed E-state index contributed by atoms with van der Waals surface area (Å²) in [6, 6.07) is 12.0. The first-order chi connectivity index (χ1) is 10.8. The lowest BCUT2D eigenvalue weighted by Crippen LogP contribution is -2.09. The highest BCUT2D eigenvalue weighted by molar-refractivity contribution is 9.10. The van der Waals surface area contributed by atoms with Gasteiger partial charge in [0.2, 0.25) is 0 Å². The van der Waals surface area contributed by atoms with E-state index in [0.717, 1.165) is 21.6 Å². The van der Waals surface area contributed by atoms with Crippen LogP contribution in [0.1, 0.15) is 11.7 Å². The lowest BCUT2D eigenvalue weighted by Gasteiger charge is -2.11. The van der Waals surface area contributed by atoms with Gasteiger partial charge in [-0.1, -0.05) is 34.1 Å². The van der Waals surface area contributed by atoms with Crippen LogP contribution in [0.25, 0.3) is 10.9 Å². The Morgan fingerprint density at radius 3 is 2.52 bits per heavy atom. The van der Waals surface area contributed by atoms with Crippen molar-refractivity contribution in [3.8, 4) is 0 Å². The standard InChI is InChI=1S/C16H15BrN2O3S/c1-23(21,22)12-7-5-11(6-8-12)16(20)10-19-9-13-14(17)3-2-4-15(13)18-19/h2-9,16,20H,10H2,1H3. The van der Waals surface area contributed by atoms with Crippen LogP contribution in [0.3, 0.4) is 0 Å². The van der Waals surface area contributed by atoms with Gasteiger partial charge in [0.15, 0.2) is 9.84 Å². The molecule has 23 heavy (non-hydrogen) atoms. The molecule has 1 heterocycles. The zero-order valence-corrected chi connectivity index (χ0v) is 14.8. The summed E-state index contributed by atoms with van der Waals surface area (Å²) in [5.74, 6) is 0. The highest BCUT2D eigenvalue weighted by Crippen LogP contribution is 2.24. The second-order valence-electron chi connectivity index (χ2n) is 5.38. The number of aliphatic hydroxyl groups excluding tert-OH is 1. The molecule has 0 spiro atoms. The summed E-state index contributed by atoms with van der Waals surface area (Å²) in [5.41, 5.74) is 1.50. The van der Waals surface area contributed by atoms with Gasteiger partial charge in [0.1, 0.15) is 0 Å². The molecule has 0 aliphatic heterocycles. The topological polar surface area (TPSA) is 72.2 Å². The van der Waals surface area contributed by atoms with Gasteiger partial charge < -0.3 is 5.11 Å². The molecule has 0 aliphatic carbocycles. The van der Waals surface area contributed by atoms with E-state index in [2.05, 4.69) is 21.0 Å². The monoisotopic (exact) mass is 394 g/mol. The normalized spacial score (nSPS) is 13.3. The second kappa shape index (κ2) is 6.07. The van der Waals surface area contributed by atoms with Crippen molar-refractivity contribution < 1.29 is 13.5 Å². The van der Waals surface area contributed by atoms with Crippen molar-refractivity contribution in [2.45, 2.75) is 17.5 Å². The maximum atomic E-state index is 11.5. The fraction of sp³-hybridized carbons (Fsp3) is 0.188. The Balaban J connectivity index is 1.82. The van der Waals surface area contributed by atoms with E-state index in [1.54, 1.807) is 16.8 Å². The van der Waals surface area contributed by atoms with Crippen molar-refractivity contribution in [1.82, 2.24) is 9.78 Å². The number of benzene rings is 2. The molecule has 5 nitrogen and oxygen atoms in total. The van der Waals surface area contributed by atoms with Crippen LogP contribution in [0.2, 0.25) is 0 Å². The Kier molecular flexibility index (Phi) is 4.27. The summed E-state index contributed by atoms with van der Waals surface area (Å²) in [4.78, 5) is 0.238. The lowest BCUT2D eigenvalue weighted by molar-refractivity contribution is 0.152. The smallest absolute Gasteiger partial charge is 0.175 e. The van der Waals surface area contributed by atoms with E-state index in [1.165, 1.54) is 12.1 Å². The molecule has 0 fully saturated rings. The second-order valence-corrected chi connectivity index (χ2v) is 8.25. The zero-order chi connectivity index (χ0) is 16.6. The molecule has 7 heteroatoms. The van der Waals surface area contributed by atoms with Gasteiger partial charge in [-0.05, 0) is 29.8 Å². The number of nitrogens with zero attached hydrogens (tertiary/aromatic N) is 2. The molecule has 3 rings (SSSR count). The van der Waals surface area contributed by atoms with Gasteiger partial charge in [-0.2, -0.15) is 5.10 Å². The average molecular weight is 395 g/mol. The highest BCUT2D eigenvalue weighted by Gasteiger charge is 2.13. The molecule has 2 aromatic carbocycles. The van der Waals surface area contributed by atoms with Crippen LogP contribution < -0.4 is 0 Å². The quantitative estimate of drug-likeness (QED) is 0.738. The minimum atomic E-state index is -3.23. The summed E-state index contributed by atoms with van der Waals surface area (Å²) < 4.78 is 25.5. The molecule has 0 bridgehead atoms. The van der Waals surface area contributed by atoms with Crippen molar-refractivity contribution >= 4 is 36.7 Å². The van der Waals surface area contributed by atoms with E-state index >= 15 is 0 Å². The number of aliphatic hydroxyl groups is 1. The number of aromatic nitrogens is 2. The minimum Gasteiger partial charge on any atom is -0.386 e. The van der Waals surface area contributed by atoms with Crippen LogP contribution >= 0.6 is 15.9 Å². The number of hydrogen-bond donors (Lipinski definition) is 1. The number of rotatable bonds is 4. The summed E-state index contributed by atoms with van der Waals surface area (Å²) in [7, 11) is -3.23. The zero-order valence-electron chi connectivity index (χ0n) is 12.3. The van der Waals surface area contributed by atoms with Crippen molar-refractivity contribution in [2.24, 2.45) is 0 Å². The van der Waals surface area contributed by atoms with Crippen LogP contribution in [-0.2, 0) is 16.4 Å². The van der Waals surface area contributed by atoms with Gasteiger partial charge in [-0.15, -0.1) is 0 Å². The lowest BCUT2D eigenvalue weighted by atomic mass is 10.1. The first kappa shape index (κ1) is 16.2. The van der Waals surface area contributed by atoms with Gasteiger partial charge >= 0.3 is 0 Å². The molecule has 1 atom stereocenters. The van der Waals surface area contributed by atoms with E-state index in [4.69, 9.17) is 0 Å². The first-order valence-corrected chi connectivity index (χ1v) is 9.63. The molecule has 0 saturated heterocycles. The summed E-state index contributed by atoms with van der Waals surface area (Å²) in [6.45, 7) is 0.291. The van der Waals surface area contributed by atoms with Gasteiger partial charge in [-0.3, -0.25) is 4.68 Å². The van der Waals surface area contributed by atoms with Crippen LogP contribution in [0.4, 0.5) is 0 Å². The van der Waals surface area contributed by atoms with Gasteiger partial charge in [0.25, 0.3) is 0 Å². The molecule has 0 radical (unpaired) electrons. The van der Waals surface area contributed by atoms with Crippen molar-refractivity contribution in [3.05, 3.63) is 58.7 Å². The molecule has 0 amide bonds. The molecule has 1 N–H and O–H groups in total. The summed E-state index contributed by atoms with van der Waals surface area (Å²) >= 11 is 3.48. The van der Waals surface area contributed by atoms with E-state index in [1.807, 2.05) is 24.4 Å². The molecular formula is C16H15BrN2O3S. The third-order valence-electron chi connectivity index (χ3n) is 3.60. The Morgan fingerprint density at radius 1 is 1.22 bits per heavy atom.